The Bertz CT molecular complexity index is 1110. The lowest BCUT2D eigenvalue weighted by Gasteiger charge is -2.14. The molecule has 0 spiro atoms. The van der Waals surface area contributed by atoms with E-state index in [2.05, 4.69) is 18.2 Å². The number of aliphatic carboxylic acids is 1. The van der Waals surface area contributed by atoms with Gasteiger partial charge < -0.3 is 19.1 Å². The summed E-state index contributed by atoms with van der Waals surface area (Å²) in [4.78, 5) is 23.1. The first kappa shape index (κ1) is 19.7. The van der Waals surface area contributed by atoms with Crippen molar-refractivity contribution in [1.29, 1.82) is 0 Å². The molecule has 0 atom stereocenters. The third kappa shape index (κ3) is 3.93. The van der Waals surface area contributed by atoms with Crippen LogP contribution in [0.4, 0.5) is 0 Å². The molecule has 5 nitrogen and oxygen atoms in total. The van der Waals surface area contributed by atoms with Crippen molar-refractivity contribution >= 4 is 16.9 Å². The summed E-state index contributed by atoms with van der Waals surface area (Å²) in [6.07, 6.45) is -0.122. The molecule has 5 heteroatoms. The summed E-state index contributed by atoms with van der Waals surface area (Å²) in [7, 11) is 0. The number of carboxylic acids is 1. The van der Waals surface area contributed by atoms with Crippen molar-refractivity contribution in [2.45, 2.75) is 47.1 Å². The number of rotatable bonds is 6. The van der Waals surface area contributed by atoms with Crippen molar-refractivity contribution in [3.05, 3.63) is 74.1 Å². The fourth-order valence-electron chi connectivity index (χ4n) is 3.35. The number of hydrogen-bond donors (Lipinski definition) is 0. The van der Waals surface area contributed by atoms with Gasteiger partial charge in [-0.1, -0.05) is 23.8 Å². The largest absolute Gasteiger partial charge is 0.550 e. The highest BCUT2D eigenvalue weighted by Gasteiger charge is 2.15. The van der Waals surface area contributed by atoms with Crippen molar-refractivity contribution in [2.24, 2.45) is 0 Å². The zero-order chi connectivity index (χ0) is 20.4. The zero-order valence-corrected chi connectivity index (χ0v) is 16.5. The van der Waals surface area contributed by atoms with Crippen LogP contribution < -0.4 is 15.5 Å². The van der Waals surface area contributed by atoms with Gasteiger partial charge in [-0.05, 0) is 69.4 Å². The third-order valence-corrected chi connectivity index (χ3v) is 5.12. The van der Waals surface area contributed by atoms with E-state index in [-0.39, 0.29) is 12.8 Å². The molecule has 0 saturated carbocycles. The standard InChI is InChI=1S/C23H24O5/c1-13-5-6-14(2)17(11-13)12-27-20-9-7-18-15(3)19(8-10-21(24)25)23(26)28-22(18)16(20)4/h5-7,9,11H,8,10,12H2,1-4H3,(H,24,25)/p-1. The van der Waals surface area contributed by atoms with E-state index < -0.39 is 11.6 Å². The van der Waals surface area contributed by atoms with E-state index in [1.165, 1.54) is 5.56 Å². The summed E-state index contributed by atoms with van der Waals surface area (Å²) in [6, 6.07) is 9.94. The molecular weight excluding hydrogens is 356 g/mol. The molecule has 3 aromatic rings. The van der Waals surface area contributed by atoms with Gasteiger partial charge >= 0.3 is 5.63 Å². The minimum atomic E-state index is -1.19. The maximum absolute atomic E-state index is 12.4. The Morgan fingerprint density at radius 2 is 1.82 bits per heavy atom. The lowest BCUT2D eigenvalue weighted by atomic mass is 10.0. The second-order valence-electron chi connectivity index (χ2n) is 7.15. The van der Waals surface area contributed by atoms with Gasteiger partial charge in [-0.3, -0.25) is 0 Å². The predicted molar refractivity (Wildman–Crippen MR) is 106 cm³/mol. The van der Waals surface area contributed by atoms with Gasteiger partial charge in [0.1, 0.15) is 17.9 Å². The van der Waals surface area contributed by atoms with E-state index in [0.29, 0.717) is 23.5 Å². The van der Waals surface area contributed by atoms with E-state index in [1.807, 2.05) is 32.9 Å². The lowest BCUT2D eigenvalue weighted by molar-refractivity contribution is -0.305. The van der Waals surface area contributed by atoms with E-state index in [0.717, 1.165) is 27.6 Å². The van der Waals surface area contributed by atoms with Gasteiger partial charge in [-0.15, -0.1) is 0 Å². The van der Waals surface area contributed by atoms with Crippen molar-refractivity contribution in [1.82, 2.24) is 0 Å². The highest BCUT2D eigenvalue weighted by Crippen LogP contribution is 2.30. The first-order chi connectivity index (χ1) is 13.3. The number of carbonyl (C=O) groups excluding carboxylic acids is 1. The molecular formula is C23H23O5-. The number of aryl methyl sites for hydroxylation is 4. The SMILES string of the molecule is Cc1ccc(C)c(COc2ccc3c(C)c(CCC(=O)[O-])c(=O)oc3c2C)c1. The highest BCUT2D eigenvalue weighted by molar-refractivity contribution is 5.85. The van der Waals surface area contributed by atoms with Crippen LogP contribution in [-0.4, -0.2) is 5.97 Å². The molecule has 0 radical (unpaired) electrons. The number of carboxylic acid groups (broad SMARTS) is 1. The summed E-state index contributed by atoms with van der Waals surface area (Å²) in [6.45, 7) is 8.16. The van der Waals surface area contributed by atoms with Crippen molar-refractivity contribution in [3.63, 3.8) is 0 Å². The van der Waals surface area contributed by atoms with Crippen molar-refractivity contribution < 1.29 is 19.1 Å². The molecule has 0 aliphatic rings. The molecule has 2 aromatic carbocycles. The minimum absolute atomic E-state index is 0.0936. The molecule has 0 amide bonds. The average molecular weight is 379 g/mol. The van der Waals surface area contributed by atoms with Crippen molar-refractivity contribution in [3.8, 4) is 5.75 Å². The Morgan fingerprint density at radius 3 is 2.54 bits per heavy atom. The van der Waals surface area contributed by atoms with Gasteiger partial charge in [0.25, 0.3) is 0 Å². The number of fused-ring (bicyclic) bond motifs is 1. The second-order valence-corrected chi connectivity index (χ2v) is 7.15. The van der Waals surface area contributed by atoms with Gasteiger partial charge in [0.15, 0.2) is 0 Å². The Kier molecular flexibility index (Phi) is 5.54. The molecule has 28 heavy (non-hydrogen) atoms. The van der Waals surface area contributed by atoms with Crippen LogP contribution in [0.2, 0.25) is 0 Å². The summed E-state index contributed by atoms with van der Waals surface area (Å²) in [5, 5.41) is 11.5. The van der Waals surface area contributed by atoms with Crippen LogP contribution in [0, 0.1) is 27.7 Å². The average Bonchev–Trinajstić information content (AvgIpc) is 2.64. The van der Waals surface area contributed by atoms with Gasteiger partial charge in [-0.2, -0.15) is 0 Å². The second kappa shape index (κ2) is 7.89. The maximum atomic E-state index is 12.4. The fourth-order valence-corrected chi connectivity index (χ4v) is 3.35. The van der Waals surface area contributed by atoms with Gasteiger partial charge in [-0.25, -0.2) is 4.79 Å². The van der Waals surface area contributed by atoms with Crippen molar-refractivity contribution in [2.75, 3.05) is 0 Å². The molecule has 146 valence electrons. The first-order valence-electron chi connectivity index (χ1n) is 9.22. The quantitative estimate of drug-likeness (QED) is 0.614. The normalized spacial score (nSPS) is 11.0. The Labute approximate surface area is 163 Å². The van der Waals surface area contributed by atoms with Crippen LogP contribution >= 0.6 is 0 Å². The minimum Gasteiger partial charge on any atom is -0.550 e. The zero-order valence-electron chi connectivity index (χ0n) is 16.5. The lowest BCUT2D eigenvalue weighted by Crippen LogP contribution is -2.24. The Morgan fingerprint density at radius 1 is 1.07 bits per heavy atom. The maximum Gasteiger partial charge on any atom is 0.339 e. The van der Waals surface area contributed by atoms with E-state index in [4.69, 9.17) is 9.15 Å². The van der Waals surface area contributed by atoms with Crippen LogP contribution in [0.5, 0.6) is 5.75 Å². The molecule has 0 bridgehead atoms. The topological polar surface area (TPSA) is 79.6 Å². The molecule has 3 rings (SSSR count). The third-order valence-electron chi connectivity index (χ3n) is 5.12. The number of ether oxygens (including phenoxy) is 1. The molecule has 0 N–H and O–H groups in total. The van der Waals surface area contributed by atoms with Crippen LogP contribution in [-0.2, 0) is 17.8 Å². The van der Waals surface area contributed by atoms with E-state index >= 15 is 0 Å². The summed E-state index contributed by atoms with van der Waals surface area (Å²) >= 11 is 0. The molecule has 0 saturated heterocycles. The van der Waals surface area contributed by atoms with Gasteiger partial charge in [0.2, 0.25) is 0 Å². The molecule has 0 aliphatic heterocycles. The van der Waals surface area contributed by atoms with Crippen LogP contribution in [0.1, 0.15) is 39.8 Å². The summed E-state index contributed by atoms with van der Waals surface area (Å²) in [5.74, 6) is -0.538. The Hall–Kier alpha value is -3.08. The number of benzene rings is 2. The molecule has 0 aliphatic carbocycles. The molecule has 1 aromatic heterocycles. The first-order valence-corrected chi connectivity index (χ1v) is 9.22. The van der Waals surface area contributed by atoms with E-state index in [9.17, 15) is 14.7 Å². The summed E-state index contributed by atoms with van der Waals surface area (Å²) < 4.78 is 11.5. The molecule has 0 unspecified atom stereocenters. The number of carbonyl (C=O) groups is 1. The molecule has 0 fully saturated rings. The van der Waals surface area contributed by atoms with E-state index in [1.54, 1.807) is 6.92 Å². The molecule has 1 heterocycles. The Balaban J connectivity index is 1.95. The van der Waals surface area contributed by atoms with Gasteiger partial charge in [0, 0.05) is 22.5 Å². The van der Waals surface area contributed by atoms with Crippen LogP contribution in [0.15, 0.2) is 39.5 Å². The predicted octanol–water partition coefficient (Wildman–Crippen LogP) is 3.29. The fraction of sp³-hybridized carbons (Fsp3) is 0.304. The highest BCUT2D eigenvalue weighted by atomic mass is 16.5. The smallest absolute Gasteiger partial charge is 0.339 e. The monoisotopic (exact) mass is 379 g/mol. The summed E-state index contributed by atoms with van der Waals surface area (Å²) in [5.41, 5.74) is 5.24. The van der Waals surface area contributed by atoms with Crippen LogP contribution in [0.3, 0.4) is 0 Å². The number of hydrogen-bond acceptors (Lipinski definition) is 5. The van der Waals surface area contributed by atoms with Gasteiger partial charge in [0.05, 0.1) is 0 Å². The van der Waals surface area contributed by atoms with Crippen LogP contribution in [0.25, 0.3) is 11.0 Å².